The number of hydrogen-bond acceptors (Lipinski definition) is 5. The van der Waals surface area contributed by atoms with Crippen LogP contribution in [0.2, 0.25) is 0 Å². The summed E-state index contributed by atoms with van der Waals surface area (Å²) in [4.78, 5) is 2.48. The molecule has 1 unspecified atom stereocenters. The molecule has 0 spiro atoms. The second-order valence-electron chi connectivity index (χ2n) is 5.94. The third kappa shape index (κ3) is 4.40. The molecule has 0 saturated carbocycles. The highest BCUT2D eigenvalue weighted by atomic mass is 32.2. The Hall–Kier alpha value is 0.220. The zero-order valence-corrected chi connectivity index (χ0v) is 12.9. The smallest absolute Gasteiger partial charge is 0.151 e. The number of nitrogens with zero attached hydrogens (tertiary/aromatic N) is 1. The number of sulfone groups is 1. The molecule has 1 N–H and O–H groups in total. The van der Waals surface area contributed by atoms with Gasteiger partial charge in [-0.15, -0.1) is 0 Å². The Morgan fingerprint density at radius 1 is 1.44 bits per heavy atom. The molecule has 18 heavy (non-hydrogen) atoms. The van der Waals surface area contributed by atoms with Crippen LogP contribution in [-0.4, -0.2) is 67.5 Å². The van der Waals surface area contributed by atoms with Crippen LogP contribution in [-0.2, 0) is 9.84 Å². The van der Waals surface area contributed by atoms with Crippen molar-refractivity contribution in [3.8, 4) is 0 Å². The Kier molecular flexibility index (Phi) is 4.62. The average Bonchev–Trinajstić information content (AvgIpc) is 2.57. The fourth-order valence-corrected chi connectivity index (χ4v) is 5.57. The molecule has 106 valence electrons. The normalized spacial score (nSPS) is 31.6. The van der Waals surface area contributed by atoms with Gasteiger partial charge in [0.25, 0.3) is 0 Å². The van der Waals surface area contributed by atoms with E-state index < -0.39 is 9.84 Å². The van der Waals surface area contributed by atoms with E-state index in [1.165, 1.54) is 5.75 Å². The minimum Gasteiger partial charge on any atom is -0.312 e. The van der Waals surface area contributed by atoms with Crippen LogP contribution in [0.4, 0.5) is 0 Å². The molecule has 2 fully saturated rings. The van der Waals surface area contributed by atoms with Gasteiger partial charge in [-0.05, 0) is 20.3 Å². The van der Waals surface area contributed by atoms with Crippen molar-refractivity contribution < 1.29 is 8.42 Å². The van der Waals surface area contributed by atoms with Gasteiger partial charge >= 0.3 is 0 Å². The first-order valence-corrected chi connectivity index (χ1v) is 9.47. The van der Waals surface area contributed by atoms with Crippen molar-refractivity contribution in [2.45, 2.75) is 31.1 Å². The monoisotopic (exact) mass is 292 g/mol. The molecular formula is C12H24N2O2S2. The fourth-order valence-electron chi connectivity index (χ4n) is 2.69. The van der Waals surface area contributed by atoms with Gasteiger partial charge in [-0.1, -0.05) is 0 Å². The molecule has 0 bridgehead atoms. The highest BCUT2D eigenvalue weighted by Crippen LogP contribution is 2.29. The van der Waals surface area contributed by atoms with Crippen LogP contribution in [0.5, 0.6) is 0 Å². The zero-order chi connectivity index (χ0) is 13.2. The quantitative estimate of drug-likeness (QED) is 0.822. The van der Waals surface area contributed by atoms with Gasteiger partial charge in [0.1, 0.15) is 0 Å². The van der Waals surface area contributed by atoms with Crippen molar-refractivity contribution in [1.29, 1.82) is 0 Å². The molecular weight excluding hydrogens is 268 g/mol. The van der Waals surface area contributed by atoms with Gasteiger partial charge in [-0.2, -0.15) is 11.8 Å². The van der Waals surface area contributed by atoms with E-state index in [0.29, 0.717) is 16.3 Å². The zero-order valence-electron chi connectivity index (χ0n) is 11.3. The first-order valence-electron chi connectivity index (χ1n) is 6.66. The maximum absolute atomic E-state index is 11.3. The van der Waals surface area contributed by atoms with Crippen molar-refractivity contribution in [1.82, 2.24) is 10.2 Å². The van der Waals surface area contributed by atoms with Crippen LogP contribution < -0.4 is 5.32 Å². The SMILES string of the molecule is CC1(C)CN(CCNC2CCS(=O)(=O)C2)CCS1. The molecule has 2 rings (SSSR count). The molecule has 1 atom stereocenters. The second kappa shape index (κ2) is 5.69. The lowest BCUT2D eigenvalue weighted by atomic mass is 10.2. The lowest BCUT2D eigenvalue weighted by molar-refractivity contribution is 0.257. The number of nitrogens with one attached hydrogen (secondary N) is 1. The standard InChI is InChI=1S/C12H24N2O2S2/c1-12(2)10-14(6-7-17-12)5-4-13-11-3-8-18(15,16)9-11/h11,13H,3-10H2,1-2H3. The van der Waals surface area contributed by atoms with E-state index in [1.807, 2.05) is 11.8 Å². The average molecular weight is 292 g/mol. The third-order valence-electron chi connectivity index (χ3n) is 3.60. The highest BCUT2D eigenvalue weighted by Gasteiger charge is 2.29. The van der Waals surface area contributed by atoms with Gasteiger partial charge in [0.15, 0.2) is 9.84 Å². The first-order chi connectivity index (χ1) is 8.36. The van der Waals surface area contributed by atoms with Crippen molar-refractivity contribution in [3.05, 3.63) is 0 Å². The summed E-state index contributed by atoms with van der Waals surface area (Å²) in [5, 5.41) is 3.38. The van der Waals surface area contributed by atoms with E-state index in [2.05, 4.69) is 24.1 Å². The van der Waals surface area contributed by atoms with Crippen LogP contribution in [0.25, 0.3) is 0 Å². The molecule has 0 aromatic heterocycles. The Morgan fingerprint density at radius 3 is 2.83 bits per heavy atom. The molecule has 0 aliphatic carbocycles. The summed E-state index contributed by atoms with van der Waals surface area (Å²) in [6.07, 6.45) is 0.781. The summed E-state index contributed by atoms with van der Waals surface area (Å²) in [6, 6.07) is 0.183. The molecule has 2 aliphatic rings. The molecule has 0 aromatic carbocycles. The van der Waals surface area contributed by atoms with Crippen molar-refractivity contribution in [2.75, 3.05) is 43.4 Å². The van der Waals surface area contributed by atoms with Crippen LogP contribution in [0.1, 0.15) is 20.3 Å². The van der Waals surface area contributed by atoms with Crippen molar-refractivity contribution in [3.63, 3.8) is 0 Å². The van der Waals surface area contributed by atoms with Gasteiger partial charge in [0.05, 0.1) is 11.5 Å². The van der Waals surface area contributed by atoms with E-state index in [9.17, 15) is 8.42 Å². The van der Waals surface area contributed by atoms with E-state index in [4.69, 9.17) is 0 Å². The Labute approximate surface area is 115 Å². The van der Waals surface area contributed by atoms with Gasteiger partial charge < -0.3 is 5.32 Å². The maximum atomic E-state index is 11.3. The van der Waals surface area contributed by atoms with Gasteiger partial charge in [-0.25, -0.2) is 8.42 Å². The molecule has 2 saturated heterocycles. The Morgan fingerprint density at radius 2 is 2.22 bits per heavy atom. The number of thioether (sulfide) groups is 1. The first kappa shape index (κ1) is 14.6. The minimum atomic E-state index is -2.75. The van der Waals surface area contributed by atoms with Crippen LogP contribution in [0.3, 0.4) is 0 Å². The third-order valence-corrected chi connectivity index (χ3v) is 6.66. The number of hydrogen-bond donors (Lipinski definition) is 1. The molecule has 0 aromatic rings. The fraction of sp³-hybridized carbons (Fsp3) is 1.00. The van der Waals surface area contributed by atoms with Crippen LogP contribution in [0.15, 0.2) is 0 Å². The van der Waals surface area contributed by atoms with Crippen LogP contribution in [0, 0.1) is 0 Å². The lowest BCUT2D eigenvalue weighted by Gasteiger charge is -2.37. The largest absolute Gasteiger partial charge is 0.312 e. The molecule has 6 heteroatoms. The van der Waals surface area contributed by atoms with Gasteiger partial charge in [0.2, 0.25) is 0 Å². The maximum Gasteiger partial charge on any atom is 0.151 e. The van der Waals surface area contributed by atoms with E-state index in [1.54, 1.807) is 0 Å². The summed E-state index contributed by atoms with van der Waals surface area (Å²) in [5.41, 5.74) is 0. The predicted octanol–water partition coefficient (Wildman–Crippen LogP) is 0.591. The predicted molar refractivity (Wildman–Crippen MR) is 78.0 cm³/mol. The molecule has 2 aliphatic heterocycles. The molecule has 2 heterocycles. The highest BCUT2D eigenvalue weighted by molar-refractivity contribution is 8.00. The Balaban J connectivity index is 1.67. The van der Waals surface area contributed by atoms with Gasteiger partial charge in [-0.3, -0.25) is 4.90 Å². The van der Waals surface area contributed by atoms with Crippen LogP contribution >= 0.6 is 11.8 Å². The summed E-state index contributed by atoms with van der Waals surface area (Å²) < 4.78 is 23.0. The van der Waals surface area contributed by atoms with E-state index in [0.717, 1.165) is 32.6 Å². The number of rotatable bonds is 4. The van der Waals surface area contributed by atoms with Gasteiger partial charge in [0, 0.05) is 42.7 Å². The summed E-state index contributed by atoms with van der Waals surface area (Å²) >= 11 is 2.04. The summed E-state index contributed by atoms with van der Waals surface area (Å²) in [7, 11) is -2.75. The lowest BCUT2D eigenvalue weighted by Crippen LogP contribution is -2.46. The summed E-state index contributed by atoms with van der Waals surface area (Å²) in [6.45, 7) is 8.80. The molecule has 4 nitrogen and oxygen atoms in total. The minimum absolute atomic E-state index is 0.183. The van der Waals surface area contributed by atoms with Crippen molar-refractivity contribution in [2.24, 2.45) is 0 Å². The molecule has 0 amide bonds. The van der Waals surface area contributed by atoms with E-state index in [-0.39, 0.29) is 6.04 Å². The summed E-state index contributed by atoms with van der Waals surface area (Å²) in [5.74, 6) is 1.89. The van der Waals surface area contributed by atoms with Crippen molar-refractivity contribution >= 4 is 21.6 Å². The second-order valence-corrected chi connectivity index (χ2v) is 9.97. The topological polar surface area (TPSA) is 49.4 Å². The molecule has 0 radical (unpaired) electrons. The Bertz CT molecular complexity index is 382. The van der Waals surface area contributed by atoms with E-state index >= 15 is 0 Å².